The van der Waals surface area contributed by atoms with Gasteiger partial charge in [0.15, 0.2) is 17.3 Å². The molecule has 0 bridgehead atoms. The van der Waals surface area contributed by atoms with E-state index in [2.05, 4.69) is 0 Å². The zero-order chi connectivity index (χ0) is 15.9. The Bertz CT molecular complexity index is 784. The van der Waals surface area contributed by atoms with Crippen LogP contribution in [0.2, 0.25) is 5.02 Å². The van der Waals surface area contributed by atoms with Gasteiger partial charge in [0.1, 0.15) is 0 Å². The fraction of sp³-hybridized carbons (Fsp3) is 0.125. The summed E-state index contributed by atoms with van der Waals surface area (Å²) >= 11 is 6.05. The lowest BCUT2D eigenvalue weighted by Gasteiger charge is -2.08. The summed E-state index contributed by atoms with van der Waals surface area (Å²) in [5.74, 6) is -0.949. The Morgan fingerprint density at radius 1 is 1.09 bits per heavy atom. The van der Waals surface area contributed by atoms with Crippen molar-refractivity contribution in [1.29, 1.82) is 0 Å². The van der Waals surface area contributed by atoms with Gasteiger partial charge in [-0.05, 0) is 36.8 Å². The number of carboxylic acids is 1. The van der Waals surface area contributed by atoms with E-state index in [4.69, 9.17) is 26.2 Å². The van der Waals surface area contributed by atoms with Gasteiger partial charge in [-0.3, -0.25) is 4.79 Å². The van der Waals surface area contributed by atoms with Crippen LogP contribution in [0.4, 0.5) is 0 Å². The van der Waals surface area contributed by atoms with Gasteiger partial charge < -0.3 is 14.6 Å². The van der Waals surface area contributed by atoms with Crippen molar-refractivity contribution in [3.05, 3.63) is 58.1 Å². The first kappa shape index (κ1) is 14.4. The van der Waals surface area contributed by atoms with E-state index in [1.165, 1.54) is 6.07 Å². The molecule has 0 saturated heterocycles. The number of benzene rings is 2. The summed E-state index contributed by atoms with van der Waals surface area (Å²) < 4.78 is 10.3. The van der Waals surface area contributed by atoms with E-state index in [1.54, 1.807) is 37.3 Å². The molecule has 1 aliphatic rings. The SMILES string of the molecule is Cc1cc2c(cc1C(=O)c1ccccc1Cl)OC(C(=O)O)O2. The minimum atomic E-state index is -1.39. The van der Waals surface area contributed by atoms with Gasteiger partial charge in [0.05, 0.1) is 5.02 Å². The van der Waals surface area contributed by atoms with Gasteiger partial charge in [0.25, 0.3) is 0 Å². The Balaban J connectivity index is 2.01. The van der Waals surface area contributed by atoms with E-state index in [0.29, 0.717) is 27.5 Å². The summed E-state index contributed by atoms with van der Waals surface area (Å²) in [6.07, 6.45) is -1.39. The van der Waals surface area contributed by atoms with E-state index in [-0.39, 0.29) is 11.5 Å². The molecule has 0 amide bonds. The molecule has 0 aliphatic carbocycles. The quantitative estimate of drug-likeness (QED) is 0.880. The Morgan fingerprint density at radius 3 is 2.36 bits per heavy atom. The van der Waals surface area contributed by atoms with Gasteiger partial charge in [-0.1, -0.05) is 23.7 Å². The van der Waals surface area contributed by atoms with E-state index in [9.17, 15) is 9.59 Å². The van der Waals surface area contributed by atoms with Crippen LogP contribution in [0.25, 0.3) is 0 Å². The maximum atomic E-state index is 12.6. The van der Waals surface area contributed by atoms with Crippen molar-refractivity contribution in [1.82, 2.24) is 0 Å². The predicted octanol–water partition coefficient (Wildman–Crippen LogP) is 3.06. The van der Waals surface area contributed by atoms with Gasteiger partial charge in [-0.15, -0.1) is 0 Å². The van der Waals surface area contributed by atoms with Gasteiger partial charge in [-0.25, -0.2) is 4.79 Å². The molecular formula is C16H11ClO5. The van der Waals surface area contributed by atoms with Crippen LogP contribution in [0.15, 0.2) is 36.4 Å². The first-order valence-electron chi connectivity index (χ1n) is 6.47. The second-order valence-electron chi connectivity index (χ2n) is 4.83. The summed E-state index contributed by atoms with van der Waals surface area (Å²) in [5.41, 5.74) is 1.42. The maximum absolute atomic E-state index is 12.6. The van der Waals surface area contributed by atoms with Crippen LogP contribution in [0.1, 0.15) is 21.5 Å². The van der Waals surface area contributed by atoms with Crippen molar-refractivity contribution < 1.29 is 24.2 Å². The molecule has 0 radical (unpaired) electrons. The lowest BCUT2D eigenvalue weighted by Crippen LogP contribution is -2.28. The molecule has 2 aromatic rings. The molecular weight excluding hydrogens is 308 g/mol. The van der Waals surface area contributed by atoms with E-state index < -0.39 is 12.3 Å². The van der Waals surface area contributed by atoms with Gasteiger partial charge >= 0.3 is 12.3 Å². The van der Waals surface area contributed by atoms with Crippen LogP contribution in [0.5, 0.6) is 11.5 Å². The fourth-order valence-corrected chi connectivity index (χ4v) is 2.46. The van der Waals surface area contributed by atoms with Crippen molar-refractivity contribution >= 4 is 23.4 Å². The molecule has 6 heteroatoms. The maximum Gasteiger partial charge on any atom is 0.387 e. The second kappa shape index (κ2) is 5.35. The molecule has 5 nitrogen and oxygen atoms in total. The van der Waals surface area contributed by atoms with Crippen LogP contribution < -0.4 is 9.47 Å². The number of halogens is 1. The van der Waals surface area contributed by atoms with Crippen LogP contribution in [-0.4, -0.2) is 23.1 Å². The average molecular weight is 319 g/mol. The number of aryl methyl sites for hydroxylation is 1. The summed E-state index contributed by atoms with van der Waals surface area (Å²) in [7, 11) is 0. The van der Waals surface area contributed by atoms with Crippen molar-refractivity contribution in [2.24, 2.45) is 0 Å². The van der Waals surface area contributed by atoms with E-state index >= 15 is 0 Å². The molecule has 1 aliphatic heterocycles. The standard InChI is InChI=1S/C16H11ClO5/c1-8-6-12-13(22-16(21-12)15(19)20)7-10(8)14(18)9-4-2-3-5-11(9)17/h2-7,16H,1H3,(H,19,20). The summed E-state index contributed by atoms with van der Waals surface area (Å²) in [6.45, 7) is 1.74. The number of hydrogen-bond acceptors (Lipinski definition) is 4. The Labute approximate surface area is 131 Å². The smallest absolute Gasteiger partial charge is 0.387 e. The summed E-state index contributed by atoms with van der Waals surface area (Å²) in [5, 5.41) is 9.27. The molecule has 0 saturated carbocycles. The molecule has 1 N–H and O–H groups in total. The number of carbonyl (C=O) groups excluding carboxylic acids is 1. The third-order valence-corrected chi connectivity index (χ3v) is 3.65. The number of carboxylic acid groups (broad SMARTS) is 1. The number of rotatable bonds is 3. The second-order valence-corrected chi connectivity index (χ2v) is 5.24. The average Bonchev–Trinajstić information content (AvgIpc) is 2.89. The van der Waals surface area contributed by atoms with Crippen molar-refractivity contribution in [3.8, 4) is 11.5 Å². The van der Waals surface area contributed by atoms with Crippen LogP contribution in [0.3, 0.4) is 0 Å². The molecule has 1 atom stereocenters. The number of fused-ring (bicyclic) bond motifs is 1. The fourth-order valence-electron chi connectivity index (χ4n) is 2.24. The molecule has 0 spiro atoms. The topological polar surface area (TPSA) is 72.8 Å². The van der Waals surface area contributed by atoms with Gasteiger partial charge in [0.2, 0.25) is 0 Å². The van der Waals surface area contributed by atoms with Crippen LogP contribution in [-0.2, 0) is 4.79 Å². The normalized spacial score (nSPS) is 15.6. The number of aliphatic carboxylic acids is 1. The number of ketones is 1. The minimum absolute atomic E-state index is 0.230. The first-order valence-corrected chi connectivity index (χ1v) is 6.85. The Morgan fingerprint density at radius 2 is 1.73 bits per heavy atom. The molecule has 3 rings (SSSR count). The van der Waals surface area contributed by atoms with Crippen LogP contribution in [0, 0.1) is 6.92 Å². The third-order valence-electron chi connectivity index (χ3n) is 3.32. The van der Waals surface area contributed by atoms with Crippen LogP contribution >= 0.6 is 11.6 Å². The largest absolute Gasteiger partial charge is 0.476 e. The first-order chi connectivity index (χ1) is 10.5. The lowest BCUT2D eigenvalue weighted by atomic mass is 9.98. The molecule has 112 valence electrons. The highest BCUT2D eigenvalue weighted by Gasteiger charge is 2.32. The highest BCUT2D eigenvalue weighted by atomic mass is 35.5. The molecule has 1 heterocycles. The molecule has 1 unspecified atom stereocenters. The minimum Gasteiger partial charge on any atom is -0.476 e. The number of carbonyl (C=O) groups is 2. The summed E-state index contributed by atoms with van der Waals surface area (Å²) in [4.78, 5) is 23.5. The zero-order valence-corrected chi connectivity index (χ0v) is 12.3. The van der Waals surface area contributed by atoms with Crippen molar-refractivity contribution in [2.75, 3.05) is 0 Å². The zero-order valence-electron chi connectivity index (χ0n) is 11.5. The predicted molar refractivity (Wildman–Crippen MR) is 78.7 cm³/mol. The van der Waals surface area contributed by atoms with E-state index in [0.717, 1.165) is 0 Å². The van der Waals surface area contributed by atoms with Gasteiger partial charge in [0, 0.05) is 11.1 Å². The van der Waals surface area contributed by atoms with Crippen molar-refractivity contribution in [2.45, 2.75) is 13.2 Å². The van der Waals surface area contributed by atoms with Crippen molar-refractivity contribution in [3.63, 3.8) is 0 Å². The summed E-state index contributed by atoms with van der Waals surface area (Å²) in [6, 6.07) is 9.80. The molecule has 22 heavy (non-hydrogen) atoms. The van der Waals surface area contributed by atoms with E-state index in [1.807, 2.05) is 0 Å². The molecule has 0 fully saturated rings. The monoisotopic (exact) mass is 318 g/mol. The third kappa shape index (κ3) is 2.40. The lowest BCUT2D eigenvalue weighted by molar-refractivity contribution is -0.154. The molecule has 0 aromatic heterocycles. The number of hydrogen-bond donors (Lipinski definition) is 1. The molecule has 2 aromatic carbocycles. The highest BCUT2D eigenvalue weighted by Crippen LogP contribution is 2.38. The Hall–Kier alpha value is -2.53. The van der Waals surface area contributed by atoms with Gasteiger partial charge in [-0.2, -0.15) is 0 Å². The highest BCUT2D eigenvalue weighted by molar-refractivity contribution is 6.35. The number of ether oxygens (including phenoxy) is 2. The Kier molecular flexibility index (Phi) is 3.50.